The van der Waals surface area contributed by atoms with Gasteiger partial charge in [-0.3, -0.25) is 14.9 Å². The lowest BCUT2D eigenvalue weighted by Crippen LogP contribution is -2.03. The smallest absolute Gasteiger partial charge is 0.269 e. The van der Waals surface area contributed by atoms with E-state index in [1.807, 2.05) is 65.3 Å². The molecule has 0 bridgehead atoms. The van der Waals surface area contributed by atoms with E-state index in [4.69, 9.17) is 0 Å². The van der Waals surface area contributed by atoms with Crippen LogP contribution in [0.25, 0.3) is 16.6 Å². The molecule has 5 heteroatoms. The largest absolute Gasteiger partial charge is 0.322 e. The van der Waals surface area contributed by atoms with E-state index >= 15 is 0 Å². The molecule has 2 aromatic heterocycles. The predicted octanol–water partition coefficient (Wildman–Crippen LogP) is 4.75. The van der Waals surface area contributed by atoms with E-state index < -0.39 is 4.92 Å². The molecular weight excluding hydrogens is 328 g/mol. The molecule has 0 aliphatic rings. The van der Waals surface area contributed by atoms with Crippen LogP contribution in [0.2, 0.25) is 0 Å². The van der Waals surface area contributed by atoms with E-state index in [0.29, 0.717) is 11.1 Å². The Morgan fingerprint density at radius 3 is 2.27 bits per heavy atom. The minimum Gasteiger partial charge on any atom is -0.322 e. The fourth-order valence-electron chi connectivity index (χ4n) is 3.08. The maximum Gasteiger partial charge on any atom is 0.269 e. The summed E-state index contributed by atoms with van der Waals surface area (Å²) >= 11 is 0. The molecule has 0 aliphatic heterocycles. The highest BCUT2D eigenvalue weighted by molar-refractivity contribution is 6.17. The van der Waals surface area contributed by atoms with Gasteiger partial charge in [0.2, 0.25) is 0 Å². The molecule has 0 spiro atoms. The van der Waals surface area contributed by atoms with E-state index in [-0.39, 0.29) is 11.5 Å². The maximum atomic E-state index is 13.2. The molecule has 2 aromatic carbocycles. The van der Waals surface area contributed by atoms with Crippen LogP contribution >= 0.6 is 0 Å². The summed E-state index contributed by atoms with van der Waals surface area (Å²) in [5, 5.41) is 10.8. The van der Waals surface area contributed by atoms with Crippen molar-refractivity contribution in [1.82, 2.24) is 4.40 Å². The number of fused-ring (bicyclic) bond motifs is 1. The van der Waals surface area contributed by atoms with E-state index in [2.05, 4.69) is 0 Å². The minimum absolute atomic E-state index is 0.0356. The van der Waals surface area contributed by atoms with Gasteiger partial charge >= 0.3 is 0 Å². The molecular formula is C21H14N2O3. The Labute approximate surface area is 149 Å². The van der Waals surface area contributed by atoms with E-state index in [1.165, 1.54) is 24.3 Å². The first-order chi connectivity index (χ1) is 12.6. The van der Waals surface area contributed by atoms with Crippen LogP contribution < -0.4 is 0 Å². The molecule has 4 rings (SSSR count). The summed E-state index contributed by atoms with van der Waals surface area (Å²) in [4.78, 5) is 23.6. The lowest BCUT2D eigenvalue weighted by atomic mass is 9.96. The summed E-state index contributed by atoms with van der Waals surface area (Å²) in [6.07, 6.45) is 3.83. The molecule has 0 radical (unpaired) electrons. The molecule has 0 fully saturated rings. The number of carbonyl (C=O) groups is 1. The molecule has 0 aliphatic carbocycles. The molecule has 126 valence electrons. The normalized spacial score (nSPS) is 10.8. The van der Waals surface area contributed by atoms with Crippen molar-refractivity contribution in [3.05, 3.63) is 106 Å². The fourth-order valence-corrected chi connectivity index (χ4v) is 3.08. The number of nitrogens with zero attached hydrogens (tertiary/aromatic N) is 2. The monoisotopic (exact) mass is 342 g/mol. The Kier molecular flexibility index (Phi) is 3.82. The molecule has 0 N–H and O–H groups in total. The van der Waals surface area contributed by atoms with Crippen molar-refractivity contribution in [1.29, 1.82) is 0 Å². The standard InChI is InChI=1S/C21H14N2O3/c24-21(16-9-11-17(12-10-16)23(25)26)20-18(15-6-2-1-3-7-15)14-22-13-5-4-8-19(20)22/h1-14H. The molecule has 0 saturated heterocycles. The zero-order valence-corrected chi connectivity index (χ0v) is 13.7. The van der Waals surface area contributed by atoms with Crippen molar-refractivity contribution in [2.75, 3.05) is 0 Å². The van der Waals surface area contributed by atoms with Gasteiger partial charge in [-0.15, -0.1) is 0 Å². The van der Waals surface area contributed by atoms with Crippen molar-refractivity contribution >= 4 is 17.0 Å². The number of nitro groups is 1. The van der Waals surface area contributed by atoms with Gasteiger partial charge in [-0.05, 0) is 29.8 Å². The maximum absolute atomic E-state index is 13.2. The lowest BCUT2D eigenvalue weighted by Gasteiger charge is -2.05. The molecule has 0 amide bonds. The van der Waals surface area contributed by atoms with Crippen LogP contribution in [0, 0.1) is 10.1 Å². The quantitative estimate of drug-likeness (QED) is 0.305. The number of ketones is 1. The number of non-ortho nitro benzene ring substituents is 1. The highest BCUT2D eigenvalue weighted by atomic mass is 16.6. The van der Waals surface area contributed by atoms with Gasteiger partial charge in [0, 0.05) is 35.7 Å². The summed E-state index contributed by atoms with van der Waals surface area (Å²) in [5.74, 6) is -0.160. The zero-order chi connectivity index (χ0) is 18.1. The van der Waals surface area contributed by atoms with E-state index in [0.717, 1.165) is 16.6 Å². The summed E-state index contributed by atoms with van der Waals surface area (Å²) in [6.45, 7) is 0. The van der Waals surface area contributed by atoms with Crippen LogP contribution in [0.3, 0.4) is 0 Å². The van der Waals surface area contributed by atoms with Crippen LogP contribution in [-0.4, -0.2) is 15.1 Å². The van der Waals surface area contributed by atoms with Crippen LogP contribution in [0.5, 0.6) is 0 Å². The Morgan fingerprint density at radius 2 is 1.58 bits per heavy atom. The SMILES string of the molecule is O=C(c1ccc([N+](=O)[O-])cc1)c1c(-c2ccccc2)cn2ccccc12. The van der Waals surface area contributed by atoms with Crippen molar-refractivity contribution in [2.45, 2.75) is 0 Å². The number of pyridine rings is 1. The summed E-state index contributed by atoms with van der Waals surface area (Å²) in [7, 11) is 0. The molecule has 0 saturated carbocycles. The van der Waals surface area contributed by atoms with Crippen molar-refractivity contribution in [2.24, 2.45) is 0 Å². The molecule has 2 heterocycles. The third-order valence-corrected chi connectivity index (χ3v) is 4.34. The third kappa shape index (κ3) is 2.65. The first-order valence-corrected chi connectivity index (χ1v) is 8.09. The van der Waals surface area contributed by atoms with Crippen molar-refractivity contribution < 1.29 is 9.72 Å². The molecule has 0 unspecified atom stereocenters. The fraction of sp³-hybridized carbons (Fsp3) is 0. The summed E-state index contributed by atoms with van der Waals surface area (Å²) < 4.78 is 1.92. The zero-order valence-electron chi connectivity index (χ0n) is 13.7. The van der Waals surface area contributed by atoms with Gasteiger partial charge in [0.15, 0.2) is 5.78 Å². The number of carbonyl (C=O) groups excluding carboxylic acids is 1. The van der Waals surface area contributed by atoms with Gasteiger partial charge in [-0.25, -0.2) is 0 Å². The second-order valence-corrected chi connectivity index (χ2v) is 5.91. The van der Waals surface area contributed by atoms with Gasteiger partial charge in [0.25, 0.3) is 5.69 Å². The highest BCUT2D eigenvalue weighted by Gasteiger charge is 2.21. The van der Waals surface area contributed by atoms with Crippen molar-refractivity contribution in [3.8, 4) is 11.1 Å². The third-order valence-electron chi connectivity index (χ3n) is 4.34. The average Bonchev–Trinajstić information content (AvgIpc) is 3.08. The Morgan fingerprint density at radius 1 is 0.885 bits per heavy atom. The van der Waals surface area contributed by atoms with Gasteiger partial charge in [0.05, 0.1) is 16.0 Å². The summed E-state index contributed by atoms with van der Waals surface area (Å²) in [6, 6.07) is 21.1. The predicted molar refractivity (Wildman–Crippen MR) is 99.4 cm³/mol. The van der Waals surface area contributed by atoms with E-state index in [9.17, 15) is 14.9 Å². The number of hydrogen-bond donors (Lipinski definition) is 0. The number of aromatic nitrogens is 1. The number of rotatable bonds is 4. The number of benzene rings is 2. The van der Waals surface area contributed by atoms with E-state index in [1.54, 1.807) is 0 Å². The molecule has 5 nitrogen and oxygen atoms in total. The number of hydrogen-bond acceptors (Lipinski definition) is 3. The minimum atomic E-state index is -0.475. The van der Waals surface area contributed by atoms with Gasteiger partial charge < -0.3 is 4.40 Å². The first kappa shape index (κ1) is 15.8. The van der Waals surface area contributed by atoms with Gasteiger partial charge in [-0.2, -0.15) is 0 Å². The topological polar surface area (TPSA) is 64.6 Å². The Bertz CT molecular complexity index is 1110. The Balaban J connectivity index is 1.89. The Hall–Kier alpha value is -3.73. The average molecular weight is 342 g/mol. The van der Waals surface area contributed by atoms with Crippen molar-refractivity contribution in [3.63, 3.8) is 0 Å². The highest BCUT2D eigenvalue weighted by Crippen LogP contribution is 2.31. The molecule has 26 heavy (non-hydrogen) atoms. The second kappa shape index (κ2) is 6.29. The molecule has 0 atom stereocenters. The van der Waals surface area contributed by atoms with Gasteiger partial charge in [0.1, 0.15) is 0 Å². The van der Waals surface area contributed by atoms with Crippen LogP contribution in [-0.2, 0) is 0 Å². The van der Waals surface area contributed by atoms with Crippen LogP contribution in [0.4, 0.5) is 5.69 Å². The lowest BCUT2D eigenvalue weighted by molar-refractivity contribution is -0.384. The van der Waals surface area contributed by atoms with Gasteiger partial charge in [-0.1, -0.05) is 36.4 Å². The number of nitro benzene ring substituents is 1. The van der Waals surface area contributed by atoms with Crippen LogP contribution in [0.1, 0.15) is 15.9 Å². The van der Waals surface area contributed by atoms with Crippen LogP contribution in [0.15, 0.2) is 85.2 Å². The molecule has 4 aromatic rings. The first-order valence-electron chi connectivity index (χ1n) is 8.09. The second-order valence-electron chi connectivity index (χ2n) is 5.91. The summed E-state index contributed by atoms with van der Waals surface area (Å²) in [5.41, 5.74) is 3.55.